The Kier molecular flexibility index (Phi) is 7.45. The van der Waals surface area contributed by atoms with Crippen LogP contribution in [-0.2, 0) is 12.8 Å². The second kappa shape index (κ2) is 11.3. The Morgan fingerprint density at radius 3 is 2.30 bits per heavy atom. The number of aromatic nitrogens is 4. The van der Waals surface area contributed by atoms with Gasteiger partial charge in [-0.3, -0.25) is 14.8 Å². The van der Waals surface area contributed by atoms with Crippen LogP contribution in [0.1, 0.15) is 21.5 Å². The van der Waals surface area contributed by atoms with Gasteiger partial charge < -0.3 is 10.1 Å². The fourth-order valence-electron chi connectivity index (χ4n) is 3.89. The molecule has 200 valence electrons. The van der Waals surface area contributed by atoms with E-state index in [0.717, 1.165) is 11.6 Å². The van der Waals surface area contributed by atoms with Crippen LogP contribution in [0.25, 0.3) is 22.6 Å². The fraction of sp³-hybridized carbons (Fsp3) is 0.0690. The lowest BCUT2D eigenvalue weighted by Crippen LogP contribution is -2.17. The Bertz CT molecular complexity index is 1630. The summed E-state index contributed by atoms with van der Waals surface area (Å²) in [5, 5.41) is 2.59. The molecule has 11 heteroatoms. The summed E-state index contributed by atoms with van der Waals surface area (Å²) in [5.74, 6) is -2.35. The number of nitrogens with one attached hydrogen (secondary N) is 1. The first-order valence-electron chi connectivity index (χ1n) is 11.9. The Balaban J connectivity index is 1.52. The normalized spacial score (nSPS) is 11.2. The average Bonchev–Trinajstić information content (AvgIpc) is 2.97. The largest absolute Gasteiger partial charge is 0.487 e. The Morgan fingerprint density at radius 2 is 1.60 bits per heavy atom. The molecule has 0 atom stereocenters. The van der Waals surface area contributed by atoms with Crippen LogP contribution in [0.4, 0.5) is 23.2 Å². The molecule has 40 heavy (non-hydrogen) atoms. The number of alkyl halides is 3. The van der Waals surface area contributed by atoms with Crippen LogP contribution in [0.15, 0.2) is 97.7 Å². The van der Waals surface area contributed by atoms with Crippen LogP contribution >= 0.6 is 0 Å². The van der Waals surface area contributed by atoms with Gasteiger partial charge in [0.25, 0.3) is 5.91 Å². The van der Waals surface area contributed by atoms with Gasteiger partial charge in [-0.1, -0.05) is 30.3 Å². The zero-order chi connectivity index (χ0) is 28.1. The van der Waals surface area contributed by atoms with Gasteiger partial charge in [-0.2, -0.15) is 13.2 Å². The molecule has 5 aromatic rings. The van der Waals surface area contributed by atoms with E-state index in [9.17, 15) is 22.4 Å². The molecule has 0 aliphatic rings. The minimum absolute atomic E-state index is 0.167. The first-order valence-corrected chi connectivity index (χ1v) is 11.9. The standard InChI is InChI=1S/C29H19F4N5O2/c30-24-15-23(29(31,32)33)21(27-35-9-4-10-36-27)14-22(24)28(39)38-25-13-20(40-17-18-7-11-34-12-8-18)16-37-26(25)19-5-2-1-3-6-19/h1-16H,17H2,(H,38,39). The molecule has 3 aromatic heterocycles. The molecule has 0 radical (unpaired) electrons. The highest BCUT2D eigenvalue weighted by atomic mass is 19.4. The number of pyridine rings is 2. The zero-order valence-corrected chi connectivity index (χ0v) is 20.6. The highest BCUT2D eigenvalue weighted by Gasteiger charge is 2.36. The van der Waals surface area contributed by atoms with Crippen molar-refractivity contribution in [1.82, 2.24) is 19.9 Å². The molecule has 5 rings (SSSR count). The van der Waals surface area contributed by atoms with Crippen molar-refractivity contribution in [2.45, 2.75) is 12.8 Å². The number of ether oxygens (including phenoxy) is 1. The number of carbonyl (C=O) groups excluding carboxylic acids is 1. The number of anilines is 1. The Hall–Kier alpha value is -5.19. The molecule has 7 nitrogen and oxygen atoms in total. The summed E-state index contributed by atoms with van der Waals surface area (Å²) in [6.07, 6.45) is 2.31. The van der Waals surface area contributed by atoms with Crippen molar-refractivity contribution in [3.8, 4) is 28.4 Å². The van der Waals surface area contributed by atoms with Crippen molar-refractivity contribution in [3.05, 3.63) is 120 Å². The molecular formula is C29H19F4N5O2. The summed E-state index contributed by atoms with van der Waals surface area (Å²) in [6, 6.07) is 16.4. The number of amides is 1. The van der Waals surface area contributed by atoms with E-state index in [2.05, 4.69) is 25.3 Å². The summed E-state index contributed by atoms with van der Waals surface area (Å²) < 4.78 is 62.0. The van der Waals surface area contributed by atoms with Gasteiger partial charge in [-0.05, 0) is 35.9 Å². The van der Waals surface area contributed by atoms with E-state index in [1.54, 1.807) is 54.9 Å². The van der Waals surface area contributed by atoms with E-state index in [-0.39, 0.29) is 24.2 Å². The topological polar surface area (TPSA) is 89.9 Å². The van der Waals surface area contributed by atoms with E-state index in [4.69, 9.17) is 4.74 Å². The highest BCUT2D eigenvalue weighted by Crippen LogP contribution is 2.38. The van der Waals surface area contributed by atoms with E-state index in [1.807, 2.05) is 0 Å². The lowest BCUT2D eigenvalue weighted by molar-refractivity contribution is -0.137. The van der Waals surface area contributed by atoms with Crippen molar-refractivity contribution in [2.75, 3.05) is 5.32 Å². The molecular weight excluding hydrogens is 526 g/mol. The van der Waals surface area contributed by atoms with Crippen molar-refractivity contribution in [3.63, 3.8) is 0 Å². The van der Waals surface area contributed by atoms with E-state index >= 15 is 0 Å². The monoisotopic (exact) mass is 545 g/mol. The summed E-state index contributed by atoms with van der Waals surface area (Å²) in [4.78, 5) is 29.4. The fourth-order valence-corrected chi connectivity index (χ4v) is 3.89. The van der Waals surface area contributed by atoms with Crippen LogP contribution in [0.2, 0.25) is 0 Å². The van der Waals surface area contributed by atoms with Crippen molar-refractivity contribution in [1.29, 1.82) is 0 Å². The first kappa shape index (κ1) is 26.4. The summed E-state index contributed by atoms with van der Waals surface area (Å²) >= 11 is 0. The van der Waals surface area contributed by atoms with Crippen LogP contribution in [0.3, 0.4) is 0 Å². The van der Waals surface area contributed by atoms with Crippen molar-refractivity contribution >= 4 is 11.6 Å². The Morgan fingerprint density at radius 1 is 0.875 bits per heavy atom. The number of halogens is 4. The SMILES string of the molecule is O=C(Nc1cc(OCc2ccncc2)cnc1-c1ccccc1)c1cc(-c2ncccn2)c(C(F)(F)F)cc1F. The second-order valence-corrected chi connectivity index (χ2v) is 8.48. The lowest BCUT2D eigenvalue weighted by atomic mass is 10.0. The third-order valence-corrected chi connectivity index (χ3v) is 5.78. The molecule has 0 bridgehead atoms. The minimum atomic E-state index is -4.91. The van der Waals surface area contributed by atoms with E-state index in [0.29, 0.717) is 17.0 Å². The maximum Gasteiger partial charge on any atom is 0.417 e. The maximum absolute atomic E-state index is 15.0. The number of nitrogens with zero attached hydrogens (tertiary/aromatic N) is 4. The number of hydrogen-bond donors (Lipinski definition) is 1. The molecule has 0 unspecified atom stereocenters. The van der Waals surface area contributed by atoms with Gasteiger partial charge in [-0.25, -0.2) is 14.4 Å². The van der Waals surface area contributed by atoms with Crippen LogP contribution < -0.4 is 10.1 Å². The quantitative estimate of drug-likeness (QED) is 0.232. The summed E-state index contributed by atoms with van der Waals surface area (Å²) in [5.41, 5.74) is -0.455. The number of hydrogen-bond acceptors (Lipinski definition) is 6. The van der Waals surface area contributed by atoms with Gasteiger partial charge in [-0.15, -0.1) is 0 Å². The minimum Gasteiger partial charge on any atom is -0.487 e. The molecule has 2 aromatic carbocycles. The van der Waals surface area contributed by atoms with Crippen LogP contribution in [0.5, 0.6) is 5.75 Å². The van der Waals surface area contributed by atoms with Crippen molar-refractivity contribution < 1.29 is 27.1 Å². The van der Waals surface area contributed by atoms with E-state index in [1.165, 1.54) is 30.7 Å². The Labute approximate surface area is 225 Å². The molecule has 0 aliphatic carbocycles. The number of carbonyl (C=O) groups is 1. The molecule has 0 saturated carbocycles. The van der Waals surface area contributed by atoms with Crippen LogP contribution in [0, 0.1) is 5.82 Å². The average molecular weight is 545 g/mol. The number of rotatable bonds is 7. The third kappa shape index (κ3) is 5.93. The zero-order valence-electron chi connectivity index (χ0n) is 20.6. The van der Waals surface area contributed by atoms with Gasteiger partial charge in [0.15, 0.2) is 5.82 Å². The van der Waals surface area contributed by atoms with Crippen LogP contribution in [-0.4, -0.2) is 25.8 Å². The smallest absolute Gasteiger partial charge is 0.417 e. The molecule has 1 amide bonds. The van der Waals surface area contributed by atoms with Gasteiger partial charge >= 0.3 is 6.18 Å². The summed E-state index contributed by atoms with van der Waals surface area (Å²) in [7, 11) is 0. The van der Waals surface area contributed by atoms with Gasteiger partial charge in [0.05, 0.1) is 28.7 Å². The van der Waals surface area contributed by atoms with Gasteiger partial charge in [0, 0.05) is 42.0 Å². The first-order chi connectivity index (χ1) is 19.3. The predicted molar refractivity (Wildman–Crippen MR) is 139 cm³/mol. The second-order valence-electron chi connectivity index (χ2n) is 8.48. The van der Waals surface area contributed by atoms with Gasteiger partial charge in [0.2, 0.25) is 0 Å². The lowest BCUT2D eigenvalue weighted by Gasteiger charge is -2.16. The third-order valence-electron chi connectivity index (χ3n) is 5.78. The van der Waals surface area contributed by atoms with Crippen molar-refractivity contribution in [2.24, 2.45) is 0 Å². The molecule has 0 fully saturated rings. The molecule has 3 heterocycles. The molecule has 0 spiro atoms. The van der Waals surface area contributed by atoms with E-state index < -0.39 is 34.6 Å². The maximum atomic E-state index is 15.0. The predicted octanol–water partition coefficient (Wildman–Crippen LogP) is 6.59. The molecule has 0 aliphatic heterocycles. The summed E-state index contributed by atoms with van der Waals surface area (Å²) in [6.45, 7) is 0.191. The number of benzene rings is 2. The highest BCUT2D eigenvalue weighted by molar-refractivity contribution is 6.07. The molecule has 1 N–H and O–H groups in total. The van der Waals surface area contributed by atoms with Gasteiger partial charge in [0.1, 0.15) is 18.2 Å². The molecule has 0 saturated heterocycles.